The van der Waals surface area contributed by atoms with Crippen LogP contribution in [0.2, 0.25) is 0 Å². The summed E-state index contributed by atoms with van der Waals surface area (Å²) < 4.78 is 0. The number of phenolic OH excluding ortho intramolecular Hbond substituents is 1. The van der Waals surface area contributed by atoms with E-state index in [-0.39, 0.29) is 22.7 Å². The number of hydrogen-bond acceptors (Lipinski definition) is 5. The molecule has 0 spiro atoms. The first kappa shape index (κ1) is 13.0. The van der Waals surface area contributed by atoms with Crippen molar-refractivity contribution in [1.82, 2.24) is 20.6 Å². The standard InChI is InChI=1S/C12H15N5O2/c1-12(2,3)7-4-5-8(9(18)6-7)10(19)13-11-14-16-17-15-11/h4-6,18H,1-3H3,(H2,13,14,15,16,17,19). The molecule has 0 bridgehead atoms. The Morgan fingerprint density at radius 3 is 2.63 bits per heavy atom. The number of tetrazole rings is 1. The molecule has 3 N–H and O–H groups in total. The van der Waals surface area contributed by atoms with E-state index in [0.29, 0.717) is 0 Å². The van der Waals surface area contributed by atoms with Crippen LogP contribution in [0.5, 0.6) is 5.75 Å². The van der Waals surface area contributed by atoms with Crippen molar-refractivity contribution in [3.8, 4) is 5.75 Å². The minimum absolute atomic E-state index is 0.0595. The van der Waals surface area contributed by atoms with Crippen molar-refractivity contribution < 1.29 is 9.90 Å². The zero-order valence-electron chi connectivity index (χ0n) is 10.9. The van der Waals surface area contributed by atoms with Crippen molar-refractivity contribution in [1.29, 1.82) is 0 Å². The highest BCUT2D eigenvalue weighted by atomic mass is 16.3. The zero-order chi connectivity index (χ0) is 14.0. The van der Waals surface area contributed by atoms with Crippen LogP contribution in [0.15, 0.2) is 18.2 Å². The number of rotatable bonds is 2. The highest BCUT2D eigenvalue weighted by Gasteiger charge is 2.18. The molecule has 2 rings (SSSR count). The van der Waals surface area contributed by atoms with E-state index in [4.69, 9.17) is 0 Å². The fraction of sp³-hybridized carbons (Fsp3) is 0.333. The Hall–Kier alpha value is -2.44. The molecule has 0 saturated carbocycles. The van der Waals surface area contributed by atoms with Crippen molar-refractivity contribution in [3.63, 3.8) is 0 Å². The average molecular weight is 261 g/mol. The summed E-state index contributed by atoms with van der Waals surface area (Å²) in [7, 11) is 0. The topological polar surface area (TPSA) is 104 Å². The third kappa shape index (κ3) is 2.87. The van der Waals surface area contributed by atoms with Gasteiger partial charge in [0.2, 0.25) is 0 Å². The molecule has 19 heavy (non-hydrogen) atoms. The van der Waals surface area contributed by atoms with Gasteiger partial charge in [-0.15, -0.1) is 5.10 Å². The van der Waals surface area contributed by atoms with Gasteiger partial charge in [-0.1, -0.05) is 31.9 Å². The van der Waals surface area contributed by atoms with E-state index in [1.165, 1.54) is 0 Å². The highest BCUT2D eigenvalue weighted by Crippen LogP contribution is 2.28. The molecule has 7 nitrogen and oxygen atoms in total. The number of nitrogens with one attached hydrogen (secondary N) is 2. The first-order chi connectivity index (χ1) is 8.88. The highest BCUT2D eigenvalue weighted by molar-refractivity contribution is 6.05. The fourth-order valence-electron chi connectivity index (χ4n) is 1.57. The SMILES string of the molecule is CC(C)(C)c1ccc(C(=O)Nc2nn[nH]n2)c(O)c1. The van der Waals surface area contributed by atoms with Crippen molar-refractivity contribution in [3.05, 3.63) is 29.3 Å². The van der Waals surface area contributed by atoms with E-state index in [0.717, 1.165) is 5.56 Å². The molecule has 7 heteroatoms. The van der Waals surface area contributed by atoms with Gasteiger partial charge in [0.05, 0.1) is 5.56 Å². The van der Waals surface area contributed by atoms with Crippen LogP contribution in [0.3, 0.4) is 0 Å². The van der Waals surface area contributed by atoms with E-state index in [9.17, 15) is 9.90 Å². The van der Waals surface area contributed by atoms with Crippen LogP contribution in [-0.2, 0) is 5.41 Å². The average Bonchev–Trinajstić information content (AvgIpc) is 2.80. The van der Waals surface area contributed by atoms with Crippen LogP contribution in [0.4, 0.5) is 5.95 Å². The number of carbonyl (C=O) groups is 1. The summed E-state index contributed by atoms with van der Waals surface area (Å²) in [5.74, 6) is -0.503. The molecule has 2 aromatic rings. The number of aromatic hydroxyl groups is 1. The van der Waals surface area contributed by atoms with Crippen LogP contribution in [0, 0.1) is 0 Å². The van der Waals surface area contributed by atoms with Gasteiger partial charge in [-0.25, -0.2) is 0 Å². The third-order valence-electron chi connectivity index (χ3n) is 2.68. The van der Waals surface area contributed by atoms with E-state index in [1.54, 1.807) is 12.1 Å². The minimum Gasteiger partial charge on any atom is -0.507 e. The molecule has 0 aliphatic rings. The van der Waals surface area contributed by atoms with Gasteiger partial charge in [-0.3, -0.25) is 10.1 Å². The van der Waals surface area contributed by atoms with Gasteiger partial charge < -0.3 is 5.11 Å². The summed E-state index contributed by atoms with van der Waals surface area (Å²) in [5.41, 5.74) is 1.01. The summed E-state index contributed by atoms with van der Waals surface area (Å²) in [6.45, 7) is 6.09. The van der Waals surface area contributed by atoms with Gasteiger partial charge in [0, 0.05) is 0 Å². The quantitative estimate of drug-likeness (QED) is 0.759. The Morgan fingerprint density at radius 2 is 2.11 bits per heavy atom. The summed E-state index contributed by atoms with van der Waals surface area (Å²) in [6.07, 6.45) is 0. The number of amides is 1. The van der Waals surface area contributed by atoms with Crippen molar-refractivity contribution in [2.45, 2.75) is 26.2 Å². The molecule has 0 atom stereocenters. The predicted molar refractivity (Wildman–Crippen MR) is 68.9 cm³/mol. The Morgan fingerprint density at radius 1 is 1.37 bits per heavy atom. The molecule has 0 saturated heterocycles. The van der Waals surface area contributed by atoms with Crippen molar-refractivity contribution in [2.75, 3.05) is 5.32 Å². The minimum atomic E-state index is -0.487. The molecule has 1 aromatic heterocycles. The first-order valence-corrected chi connectivity index (χ1v) is 5.76. The number of hydrogen-bond donors (Lipinski definition) is 3. The lowest BCUT2D eigenvalue weighted by molar-refractivity contribution is 0.102. The van der Waals surface area contributed by atoms with E-state index in [2.05, 4.69) is 25.9 Å². The number of aromatic amines is 1. The predicted octanol–water partition coefficient (Wildman–Crippen LogP) is 1.46. The summed E-state index contributed by atoms with van der Waals surface area (Å²) in [5, 5.41) is 25.1. The molecule has 100 valence electrons. The first-order valence-electron chi connectivity index (χ1n) is 5.76. The Bertz CT molecular complexity index is 587. The summed E-state index contributed by atoms with van der Waals surface area (Å²) in [4.78, 5) is 11.9. The van der Waals surface area contributed by atoms with Crippen LogP contribution < -0.4 is 5.32 Å². The van der Waals surface area contributed by atoms with Crippen LogP contribution in [0.25, 0.3) is 0 Å². The maximum atomic E-state index is 11.9. The van der Waals surface area contributed by atoms with Crippen LogP contribution >= 0.6 is 0 Å². The molecule has 0 fully saturated rings. The second-order valence-corrected chi connectivity index (χ2v) is 5.17. The maximum Gasteiger partial charge on any atom is 0.270 e. The molecule has 0 aliphatic heterocycles. The molecule has 1 amide bonds. The molecular weight excluding hydrogens is 246 g/mol. The molecule has 1 heterocycles. The molecule has 0 aliphatic carbocycles. The third-order valence-corrected chi connectivity index (χ3v) is 2.68. The Kier molecular flexibility index (Phi) is 3.20. The number of benzene rings is 1. The molecule has 0 unspecified atom stereocenters. The number of nitrogens with zero attached hydrogens (tertiary/aromatic N) is 3. The second kappa shape index (κ2) is 4.68. The Labute approximate surface area is 110 Å². The lowest BCUT2D eigenvalue weighted by atomic mass is 9.86. The van der Waals surface area contributed by atoms with E-state index >= 15 is 0 Å². The molecular formula is C12H15N5O2. The van der Waals surface area contributed by atoms with Gasteiger partial charge in [-0.05, 0) is 28.3 Å². The largest absolute Gasteiger partial charge is 0.507 e. The zero-order valence-corrected chi connectivity index (χ0v) is 10.9. The summed E-state index contributed by atoms with van der Waals surface area (Å²) in [6, 6.07) is 4.97. The van der Waals surface area contributed by atoms with Gasteiger partial charge in [0.25, 0.3) is 11.9 Å². The Balaban J connectivity index is 2.24. The van der Waals surface area contributed by atoms with E-state index < -0.39 is 5.91 Å². The van der Waals surface area contributed by atoms with Crippen LogP contribution in [-0.4, -0.2) is 31.6 Å². The summed E-state index contributed by atoms with van der Waals surface area (Å²) >= 11 is 0. The molecule has 1 aromatic carbocycles. The van der Waals surface area contributed by atoms with Gasteiger partial charge in [0.1, 0.15) is 5.75 Å². The van der Waals surface area contributed by atoms with Gasteiger partial charge >= 0.3 is 0 Å². The normalized spacial score (nSPS) is 11.3. The second-order valence-electron chi connectivity index (χ2n) is 5.17. The lowest BCUT2D eigenvalue weighted by Crippen LogP contribution is -2.15. The van der Waals surface area contributed by atoms with Crippen molar-refractivity contribution in [2.24, 2.45) is 0 Å². The number of H-pyrrole nitrogens is 1. The number of phenols is 1. The lowest BCUT2D eigenvalue weighted by Gasteiger charge is -2.19. The molecule has 0 radical (unpaired) electrons. The number of anilines is 1. The maximum absolute atomic E-state index is 11.9. The van der Waals surface area contributed by atoms with Gasteiger partial charge in [0.15, 0.2) is 0 Å². The monoisotopic (exact) mass is 261 g/mol. The van der Waals surface area contributed by atoms with Crippen LogP contribution in [0.1, 0.15) is 36.7 Å². The number of carbonyl (C=O) groups excluding carboxylic acids is 1. The smallest absolute Gasteiger partial charge is 0.270 e. The van der Waals surface area contributed by atoms with Gasteiger partial charge in [-0.2, -0.15) is 5.21 Å². The number of aromatic nitrogens is 4. The van der Waals surface area contributed by atoms with E-state index in [1.807, 2.05) is 26.8 Å². The van der Waals surface area contributed by atoms with Crippen molar-refractivity contribution >= 4 is 11.9 Å². The fourth-order valence-corrected chi connectivity index (χ4v) is 1.57.